The molecule has 0 saturated carbocycles. The Labute approximate surface area is 273 Å². The van der Waals surface area contributed by atoms with Gasteiger partial charge in [0.2, 0.25) is 0 Å². The van der Waals surface area contributed by atoms with Crippen LogP contribution in [0.4, 0.5) is 0 Å². The summed E-state index contributed by atoms with van der Waals surface area (Å²) in [5, 5.41) is 4.29. The molecule has 8 aromatic rings. The molecule has 0 N–H and O–H groups in total. The van der Waals surface area contributed by atoms with E-state index in [4.69, 9.17) is 14.7 Å². The maximum atomic E-state index is 13.7. The quantitative estimate of drug-likeness (QED) is 0.170. The first-order valence-corrected chi connectivity index (χ1v) is 11.3. The molecule has 39 heavy (non-hydrogen) atoms. The molecule has 0 fully saturated rings. The first kappa shape index (κ1) is 29.4. The predicted octanol–water partition coefficient (Wildman–Crippen LogP) is 5.56. The van der Waals surface area contributed by atoms with Crippen LogP contribution in [0.5, 0.6) is 5.75 Å². The SMILES string of the molecule is COc1ccc2c(c1)nc1c3ccc4c(=O)n5c6ccc(C)cc6nc5c5ccc(c(=O)n21)c3c45.[CH3-].[CH3-].[Y].[Y]. The number of benzene rings is 4. The fraction of sp³-hybridized carbons (Fsp3) is 0.0667. The number of aromatic nitrogens is 4. The molecule has 9 heteroatoms. The van der Waals surface area contributed by atoms with E-state index in [0.717, 1.165) is 43.7 Å². The average Bonchev–Trinajstić information content (AvgIpc) is 3.44. The van der Waals surface area contributed by atoms with Crippen LogP contribution in [0, 0.1) is 21.8 Å². The molecule has 0 amide bonds. The molecular weight excluding hydrogens is 642 g/mol. The van der Waals surface area contributed by atoms with E-state index < -0.39 is 0 Å². The molecule has 4 aromatic heterocycles. The Morgan fingerprint density at radius 1 is 0.641 bits per heavy atom. The van der Waals surface area contributed by atoms with Crippen LogP contribution in [0.25, 0.3) is 65.7 Å². The molecule has 0 aliphatic carbocycles. The van der Waals surface area contributed by atoms with Gasteiger partial charge in [0.15, 0.2) is 0 Å². The number of aryl methyl sites for hydroxylation is 1. The molecule has 4 heterocycles. The fourth-order valence-electron chi connectivity index (χ4n) is 5.62. The molecule has 0 saturated heterocycles. The molecule has 8 rings (SSSR count). The molecule has 7 nitrogen and oxygen atoms in total. The molecule has 0 bridgehead atoms. The van der Waals surface area contributed by atoms with Crippen LogP contribution in [-0.4, -0.2) is 25.9 Å². The Bertz CT molecular complexity index is 2330. The summed E-state index contributed by atoms with van der Waals surface area (Å²) in [5.41, 5.74) is 4.90. The van der Waals surface area contributed by atoms with Crippen molar-refractivity contribution >= 4 is 65.7 Å². The number of imidazole rings is 2. The van der Waals surface area contributed by atoms with Gasteiger partial charge in [-0.05, 0) is 61.0 Å². The largest absolute Gasteiger partial charge is 0.497 e. The van der Waals surface area contributed by atoms with Crippen molar-refractivity contribution in [1.29, 1.82) is 0 Å². The van der Waals surface area contributed by atoms with Gasteiger partial charge in [-0.2, -0.15) is 0 Å². The van der Waals surface area contributed by atoms with Crippen molar-refractivity contribution in [3.8, 4) is 5.75 Å². The molecule has 4 aromatic carbocycles. The van der Waals surface area contributed by atoms with Gasteiger partial charge in [-0.15, -0.1) is 0 Å². The molecule has 2 radical (unpaired) electrons. The first-order valence-electron chi connectivity index (χ1n) is 11.3. The van der Waals surface area contributed by atoms with Gasteiger partial charge < -0.3 is 19.6 Å². The van der Waals surface area contributed by atoms with Crippen LogP contribution >= 0.6 is 0 Å². The third-order valence-corrected chi connectivity index (χ3v) is 7.18. The summed E-state index contributed by atoms with van der Waals surface area (Å²) < 4.78 is 8.68. The van der Waals surface area contributed by atoms with Crippen molar-refractivity contribution in [3.63, 3.8) is 0 Å². The molecule has 0 spiro atoms. The monoisotopic (exact) mass is 664 g/mol. The van der Waals surface area contributed by atoms with Gasteiger partial charge in [-0.3, -0.25) is 18.4 Å². The van der Waals surface area contributed by atoms with Crippen molar-refractivity contribution in [2.75, 3.05) is 7.11 Å². The minimum Gasteiger partial charge on any atom is -0.497 e. The van der Waals surface area contributed by atoms with E-state index in [0.29, 0.717) is 33.3 Å². The average molecular weight is 664 g/mol. The van der Waals surface area contributed by atoms with Crippen molar-refractivity contribution in [3.05, 3.63) is 102 Å². The summed E-state index contributed by atoms with van der Waals surface area (Å²) in [7, 11) is 1.60. The minimum atomic E-state index is -0.161. The number of rotatable bonds is 1. The molecule has 0 unspecified atom stereocenters. The van der Waals surface area contributed by atoms with E-state index in [1.807, 2.05) is 67.6 Å². The Hall–Kier alpha value is -2.57. The Morgan fingerprint density at radius 2 is 1.10 bits per heavy atom. The van der Waals surface area contributed by atoms with Crippen LogP contribution in [0.2, 0.25) is 0 Å². The van der Waals surface area contributed by atoms with Gasteiger partial charge >= 0.3 is 0 Å². The van der Waals surface area contributed by atoms with Crippen molar-refractivity contribution in [2.24, 2.45) is 0 Å². The smallest absolute Gasteiger partial charge is 0.264 e. The number of nitrogens with zero attached hydrogens (tertiary/aromatic N) is 4. The second kappa shape index (κ2) is 10.1. The Kier molecular flexibility index (Phi) is 7.63. The van der Waals surface area contributed by atoms with Gasteiger partial charge in [0.05, 0.1) is 29.2 Å². The third-order valence-electron chi connectivity index (χ3n) is 7.18. The summed E-state index contributed by atoms with van der Waals surface area (Å²) in [6, 6.07) is 18.9. The van der Waals surface area contributed by atoms with E-state index in [-0.39, 0.29) is 91.4 Å². The topological polar surface area (TPSA) is 78.0 Å². The van der Waals surface area contributed by atoms with Crippen LogP contribution in [0.15, 0.2) is 70.3 Å². The molecule has 188 valence electrons. The zero-order valence-corrected chi connectivity index (χ0v) is 27.6. The summed E-state index contributed by atoms with van der Waals surface area (Å²) in [5.74, 6) is 0.676. The summed E-state index contributed by atoms with van der Waals surface area (Å²) in [4.78, 5) is 37.1. The maximum absolute atomic E-state index is 13.7. The number of pyridine rings is 2. The third kappa shape index (κ3) is 3.70. The van der Waals surface area contributed by atoms with Gasteiger partial charge in [-0.25, -0.2) is 9.97 Å². The van der Waals surface area contributed by atoms with E-state index in [1.165, 1.54) is 0 Å². The second-order valence-electron chi connectivity index (χ2n) is 9.07. The van der Waals surface area contributed by atoms with E-state index in [9.17, 15) is 9.59 Å². The van der Waals surface area contributed by atoms with Crippen LogP contribution in [-0.2, 0) is 65.4 Å². The fourth-order valence-corrected chi connectivity index (χ4v) is 5.62. The number of hydrogen-bond donors (Lipinski definition) is 0. The normalized spacial score (nSPS) is 11.2. The number of fused-ring (bicyclic) bond motifs is 8. The first-order chi connectivity index (χ1) is 17.0. The summed E-state index contributed by atoms with van der Waals surface area (Å²) in [6.45, 7) is 2.01. The van der Waals surface area contributed by atoms with Crippen molar-refractivity contribution < 1.29 is 70.2 Å². The van der Waals surface area contributed by atoms with Crippen LogP contribution in [0.1, 0.15) is 5.56 Å². The number of methoxy groups -OCH3 is 1. The molecule has 0 atom stereocenters. The number of ether oxygens (including phenoxy) is 1. The van der Waals surface area contributed by atoms with E-state index in [1.54, 1.807) is 15.9 Å². The zero-order chi connectivity index (χ0) is 23.6. The van der Waals surface area contributed by atoms with Gasteiger partial charge in [0, 0.05) is 104 Å². The van der Waals surface area contributed by atoms with Crippen molar-refractivity contribution in [2.45, 2.75) is 6.92 Å². The van der Waals surface area contributed by atoms with Gasteiger partial charge in [0.25, 0.3) is 11.1 Å². The molecule has 0 aliphatic rings. The van der Waals surface area contributed by atoms with Crippen molar-refractivity contribution in [1.82, 2.24) is 18.8 Å². The van der Waals surface area contributed by atoms with Crippen LogP contribution < -0.4 is 15.9 Å². The van der Waals surface area contributed by atoms with Gasteiger partial charge in [-0.1, -0.05) is 6.07 Å². The second-order valence-corrected chi connectivity index (χ2v) is 9.07. The summed E-state index contributed by atoms with van der Waals surface area (Å²) in [6.07, 6.45) is 0. The zero-order valence-electron chi connectivity index (χ0n) is 21.9. The van der Waals surface area contributed by atoms with Gasteiger partial charge in [0.1, 0.15) is 17.0 Å². The Morgan fingerprint density at radius 3 is 1.62 bits per heavy atom. The van der Waals surface area contributed by atoms with E-state index >= 15 is 0 Å². The molecular formula is C30H22N4O3Y2-2. The van der Waals surface area contributed by atoms with Crippen LogP contribution in [0.3, 0.4) is 0 Å². The molecule has 0 aliphatic heterocycles. The number of hydrogen-bond acceptors (Lipinski definition) is 5. The predicted molar refractivity (Wildman–Crippen MR) is 151 cm³/mol. The standard InChI is InChI=1S/C28H16N4O3.2CH3.2Y/c1-13-3-9-21-19(11-13)29-25-15-5-7-18-24-16(6-8-17(23(15)24)27(33)31(21)25)26-30-20-12-14(35-2)4-10-22(20)32(26)28(18)34;;;;/h3-12H,1-2H3;2*1H3;;/q;2*-1;;. The summed E-state index contributed by atoms with van der Waals surface area (Å²) >= 11 is 0. The van der Waals surface area contributed by atoms with E-state index in [2.05, 4.69) is 0 Å². The maximum Gasteiger partial charge on any atom is 0.264 e. The minimum absolute atomic E-state index is 0. The Balaban J connectivity index is 0.000000882.